The Bertz CT molecular complexity index is 932. The lowest BCUT2D eigenvalue weighted by atomic mass is 9.96. The summed E-state index contributed by atoms with van der Waals surface area (Å²) in [7, 11) is 0. The maximum Gasteiger partial charge on any atom is 0.306 e. The average molecular weight is 394 g/mol. The normalized spacial score (nSPS) is 16.9. The lowest BCUT2D eigenvalue weighted by Crippen LogP contribution is -2.40. The van der Waals surface area contributed by atoms with Crippen molar-refractivity contribution in [2.45, 2.75) is 19.4 Å². The van der Waals surface area contributed by atoms with Crippen LogP contribution in [0.3, 0.4) is 0 Å². The number of aliphatic carboxylic acids is 1. The molecule has 0 spiro atoms. The Kier molecular flexibility index (Phi) is 5.20. The number of rotatable bonds is 4. The second-order valence-electron chi connectivity index (χ2n) is 7.34. The van der Waals surface area contributed by atoms with Crippen molar-refractivity contribution in [1.82, 2.24) is 4.90 Å². The molecule has 2 aromatic carbocycles. The summed E-state index contributed by atoms with van der Waals surface area (Å²) in [5.41, 5.74) is 2.22. The molecule has 0 aliphatic carbocycles. The van der Waals surface area contributed by atoms with Crippen LogP contribution >= 0.6 is 0 Å². The van der Waals surface area contributed by atoms with Crippen molar-refractivity contribution in [2.75, 3.05) is 24.6 Å². The summed E-state index contributed by atoms with van der Waals surface area (Å²) in [6, 6.07) is 14.6. The standard InChI is InChI=1S/C22H22N2O5/c25-20-14-29-19-4-2-1-3-18(19)24(20)13-15-5-7-16(8-6-15)21(26)23-11-9-17(10-12-23)22(27)28/h1-8,17H,9-14H2,(H,27,28). The Morgan fingerprint density at radius 2 is 1.72 bits per heavy atom. The van der Waals surface area contributed by atoms with Gasteiger partial charge < -0.3 is 19.6 Å². The van der Waals surface area contributed by atoms with E-state index < -0.39 is 5.97 Å². The number of amides is 2. The lowest BCUT2D eigenvalue weighted by molar-refractivity contribution is -0.143. The third kappa shape index (κ3) is 3.94. The molecule has 7 heteroatoms. The van der Waals surface area contributed by atoms with Crippen molar-refractivity contribution in [3.05, 3.63) is 59.7 Å². The van der Waals surface area contributed by atoms with Gasteiger partial charge in [-0.3, -0.25) is 14.4 Å². The van der Waals surface area contributed by atoms with Crippen LogP contribution in [0.15, 0.2) is 48.5 Å². The molecule has 0 aromatic heterocycles. The Hall–Kier alpha value is -3.35. The summed E-state index contributed by atoms with van der Waals surface area (Å²) >= 11 is 0. The van der Waals surface area contributed by atoms with E-state index in [-0.39, 0.29) is 24.3 Å². The number of carboxylic acid groups (broad SMARTS) is 1. The molecule has 2 aromatic rings. The van der Waals surface area contributed by atoms with Crippen molar-refractivity contribution in [3.8, 4) is 5.75 Å². The Balaban J connectivity index is 1.43. The maximum absolute atomic E-state index is 12.7. The molecule has 4 rings (SSSR count). The van der Waals surface area contributed by atoms with Crippen LogP contribution in [0.1, 0.15) is 28.8 Å². The van der Waals surface area contributed by atoms with Crippen LogP contribution in [0.4, 0.5) is 5.69 Å². The monoisotopic (exact) mass is 394 g/mol. The molecule has 7 nitrogen and oxygen atoms in total. The predicted octanol–water partition coefficient (Wildman–Crippen LogP) is 2.55. The van der Waals surface area contributed by atoms with Gasteiger partial charge in [-0.25, -0.2) is 0 Å². The minimum atomic E-state index is -0.791. The molecule has 1 fully saturated rings. The second-order valence-corrected chi connectivity index (χ2v) is 7.34. The van der Waals surface area contributed by atoms with E-state index in [9.17, 15) is 14.4 Å². The summed E-state index contributed by atoms with van der Waals surface area (Å²) in [6.45, 7) is 1.32. The van der Waals surface area contributed by atoms with E-state index in [1.165, 1.54) is 0 Å². The molecule has 0 bridgehead atoms. The molecular weight excluding hydrogens is 372 g/mol. The summed E-state index contributed by atoms with van der Waals surface area (Å²) in [6.07, 6.45) is 0.968. The van der Waals surface area contributed by atoms with E-state index in [0.717, 1.165) is 11.3 Å². The number of carbonyl (C=O) groups is 3. The van der Waals surface area contributed by atoms with Crippen LogP contribution in [0.2, 0.25) is 0 Å². The Morgan fingerprint density at radius 1 is 1.03 bits per heavy atom. The minimum Gasteiger partial charge on any atom is -0.482 e. The summed E-state index contributed by atoms with van der Waals surface area (Å²) in [4.78, 5) is 39.5. The molecule has 0 radical (unpaired) electrons. The van der Waals surface area contributed by atoms with Crippen LogP contribution in [-0.4, -0.2) is 47.5 Å². The first kappa shape index (κ1) is 19.0. The maximum atomic E-state index is 12.7. The Labute approximate surface area is 168 Å². The second kappa shape index (κ2) is 7.95. The summed E-state index contributed by atoms with van der Waals surface area (Å²) < 4.78 is 5.47. The van der Waals surface area contributed by atoms with Crippen LogP contribution < -0.4 is 9.64 Å². The highest BCUT2D eigenvalue weighted by atomic mass is 16.5. The van der Waals surface area contributed by atoms with Crippen LogP contribution in [0.25, 0.3) is 0 Å². The van der Waals surface area contributed by atoms with Gasteiger partial charge in [0.05, 0.1) is 18.2 Å². The fourth-order valence-corrected chi connectivity index (χ4v) is 3.77. The number of benzene rings is 2. The highest BCUT2D eigenvalue weighted by Crippen LogP contribution is 2.32. The van der Waals surface area contributed by atoms with Gasteiger partial charge >= 0.3 is 5.97 Å². The van der Waals surface area contributed by atoms with E-state index in [1.54, 1.807) is 21.9 Å². The molecule has 0 saturated carbocycles. The number of piperidine rings is 1. The molecule has 0 unspecified atom stereocenters. The van der Waals surface area contributed by atoms with Gasteiger partial charge in [0.1, 0.15) is 5.75 Å². The van der Waals surface area contributed by atoms with Gasteiger partial charge in [0, 0.05) is 18.7 Å². The number of likely N-dealkylation sites (tertiary alicyclic amines) is 1. The number of hydrogen-bond acceptors (Lipinski definition) is 4. The van der Waals surface area contributed by atoms with Crippen LogP contribution in [-0.2, 0) is 16.1 Å². The molecule has 0 atom stereocenters. The van der Waals surface area contributed by atoms with Gasteiger partial charge in [0.15, 0.2) is 6.61 Å². The smallest absolute Gasteiger partial charge is 0.306 e. The number of fused-ring (bicyclic) bond motifs is 1. The lowest BCUT2D eigenvalue weighted by Gasteiger charge is -2.30. The van der Waals surface area contributed by atoms with Crippen LogP contribution in [0.5, 0.6) is 5.75 Å². The van der Waals surface area contributed by atoms with E-state index in [1.807, 2.05) is 36.4 Å². The first-order valence-electron chi connectivity index (χ1n) is 9.66. The number of para-hydroxylation sites is 2. The first-order chi connectivity index (χ1) is 14.0. The van der Waals surface area contributed by atoms with Gasteiger partial charge in [-0.05, 0) is 42.7 Å². The number of carbonyl (C=O) groups excluding carboxylic acids is 2. The average Bonchev–Trinajstić information content (AvgIpc) is 2.76. The zero-order valence-electron chi connectivity index (χ0n) is 15.9. The highest BCUT2D eigenvalue weighted by molar-refractivity contribution is 5.98. The number of anilines is 1. The molecule has 1 N–H and O–H groups in total. The van der Waals surface area contributed by atoms with Gasteiger partial charge in [-0.15, -0.1) is 0 Å². The molecule has 2 aliphatic rings. The first-order valence-corrected chi connectivity index (χ1v) is 9.66. The predicted molar refractivity (Wildman–Crippen MR) is 106 cm³/mol. The zero-order chi connectivity index (χ0) is 20.4. The number of nitrogens with zero attached hydrogens (tertiary/aromatic N) is 2. The summed E-state index contributed by atoms with van der Waals surface area (Å²) in [5.74, 6) is -0.668. The molecule has 1 saturated heterocycles. The minimum absolute atomic E-state index is 0.0138. The van der Waals surface area contributed by atoms with E-state index in [4.69, 9.17) is 9.84 Å². The van der Waals surface area contributed by atoms with Gasteiger partial charge in [0.25, 0.3) is 11.8 Å². The number of hydrogen-bond donors (Lipinski definition) is 1. The summed E-state index contributed by atoms with van der Waals surface area (Å²) in [5, 5.41) is 9.09. The number of ether oxygens (including phenoxy) is 1. The van der Waals surface area contributed by atoms with E-state index >= 15 is 0 Å². The van der Waals surface area contributed by atoms with Gasteiger partial charge in [-0.1, -0.05) is 24.3 Å². The van der Waals surface area contributed by atoms with Crippen molar-refractivity contribution >= 4 is 23.5 Å². The van der Waals surface area contributed by atoms with Crippen molar-refractivity contribution in [3.63, 3.8) is 0 Å². The van der Waals surface area contributed by atoms with E-state index in [2.05, 4.69) is 0 Å². The molecular formula is C22H22N2O5. The topological polar surface area (TPSA) is 87.2 Å². The largest absolute Gasteiger partial charge is 0.482 e. The molecule has 2 aliphatic heterocycles. The zero-order valence-corrected chi connectivity index (χ0v) is 15.9. The van der Waals surface area contributed by atoms with Gasteiger partial charge in [-0.2, -0.15) is 0 Å². The molecule has 150 valence electrons. The fourth-order valence-electron chi connectivity index (χ4n) is 3.77. The Morgan fingerprint density at radius 3 is 2.41 bits per heavy atom. The third-order valence-corrected chi connectivity index (χ3v) is 5.48. The van der Waals surface area contributed by atoms with E-state index in [0.29, 0.717) is 43.8 Å². The molecule has 29 heavy (non-hydrogen) atoms. The SMILES string of the molecule is O=C(O)C1CCN(C(=O)c2ccc(CN3C(=O)COc4ccccc43)cc2)CC1. The highest BCUT2D eigenvalue weighted by Gasteiger charge is 2.28. The van der Waals surface area contributed by atoms with Crippen molar-refractivity contribution in [2.24, 2.45) is 5.92 Å². The van der Waals surface area contributed by atoms with Crippen molar-refractivity contribution in [1.29, 1.82) is 0 Å². The number of carboxylic acids is 1. The fraction of sp³-hybridized carbons (Fsp3) is 0.318. The van der Waals surface area contributed by atoms with Gasteiger partial charge in [0.2, 0.25) is 0 Å². The van der Waals surface area contributed by atoms with Crippen LogP contribution in [0, 0.1) is 5.92 Å². The van der Waals surface area contributed by atoms with Crippen molar-refractivity contribution < 1.29 is 24.2 Å². The molecule has 2 amide bonds. The third-order valence-electron chi connectivity index (χ3n) is 5.48. The quantitative estimate of drug-likeness (QED) is 0.861. The molecule has 2 heterocycles.